The number of fused-ring (bicyclic) bond motifs is 1. The summed E-state index contributed by atoms with van der Waals surface area (Å²) in [5.41, 5.74) is 2.42. The summed E-state index contributed by atoms with van der Waals surface area (Å²) in [6, 6.07) is 0.0668. The van der Waals surface area contributed by atoms with Gasteiger partial charge in [-0.05, 0) is 26.2 Å². The molecule has 0 saturated carbocycles. The van der Waals surface area contributed by atoms with Gasteiger partial charge in [0.15, 0.2) is 0 Å². The SMILES string of the molecule is CC(Nc1ncnc2c1CCC2)c1ncn[nH]1. The summed E-state index contributed by atoms with van der Waals surface area (Å²) >= 11 is 0. The van der Waals surface area contributed by atoms with Gasteiger partial charge in [-0.25, -0.2) is 15.0 Å². The van der Waals surface area contributed by atoms with E-state index in [2.05, 4.69) is 30.5 Å². The molecule has 3 rings (SSSR count). The zero-order valence-electron chi connectivity index (χ0n) is 9.64. The van der Waals surface area contributed by atoms with Crippen molar-refractivity contribution in [1.82, 2.24) is 25.1 Å². The number of nitrogens with one attached hydrogen (secondary N) is 2. The third-order valence-electron chi connectivity index (χ3n) is 3.07. The van der Waals surface area contributed by atoms with E-state index >= 15 is 0 Å². The summed E-state index contributed by atoms with van der Waals surface area (Å²) in [6.45, 7) is 2.03. The van der Waals surface area contributed by atoms with Gasteiger partial charge in [-0.1, -0.05) is 0 Å². The average molecular weight is 230 g/mol. The Balaban J connectivity index is 1.84. The van der Waals surface area contributed by atoms with Gasteiger partial charge in [-0.3, -0.25) is 5.10 Å². The van der Waals surface area contributed by atoms with Crippen LogP contribution < -0.4 is 5.32 Å². The first-order chi connectivity index (χ1) is 8.34. The Hall–Kier alpha value is -1.98. The molecule has 2 aromatic rings. The van der Waals surface area contributed by atoms with Crippen LogP contribution in [0.15, 0.2) is 12.7 Å². The third-order valence-corrected chi connectivity index (χ3v) is 3.07. The van der Waals surface area contributed by atoms with Crippen molar-refractivity contribution in [1.29, 1.82) is 0 Å². The minimum absolute atomic E-state index is 0.0668. The lowest BCUT2D eigenvalue weighted by Gasteiger charge is -2.14. The molecule has 1 atom stereocenters. The highest BCUT2D eigenvalue weighted by atomic mass is 15.2. The van der Waals surface area contributed by atoms with Gasteiger partial charge in [0.2, 0.25) is 0 Å². The normalized spacial score (nSPS) is 15.6. The van der Waals surface area contributed by atoms with Crippen LogP contribution in [0.1, 0.15) is 36.5 Å². The van der Waals surface area contributed by atoms with Crippen molar-refractivity contribution in [2.45, 2.75) is 32.2 Å². The van der Waals surface area contributed by atoms with Crippen molar-refractivity contribution < 1.29 is 0 Å². The summed E-state index contributed by atoms with van der Waals surface area (Å²) in [4.78, 5) is 12.8. The Bertz CT molecular complexity index is 507. The first-order valence-electron chi connectivity index (χ1n) is 5.79. The van der Waals surface area contributed by atoms with Gasteiger partial charge in [0.05, 0.1) is 6.04 Å². The molecule has 1 aliphatic carbocycles. The predicted octanol–water partition coefficient (Wildman–Crippen LogP) is 1.26. The lowest BCUT2D eigenvalue weighted by Crippen LogP contribution is -2.12. The van der Waals surface area contributed by atoms with E-state index in [-0.39, 0.29) is 6.04 Å². The van der Waals surface area contributed by atoms with Crippen LogP contribution in [0, 0.1) is 0 Å². The maximum atomic E-state index is 4.32. The Morgan fingerprint density at radius 3 is 3.00 bits per heavy atom. The van der Waals surface area contributed by atoms with Crippen LogP contribution >= 0.6 is 0 Å². The third kappa shape index (κ3) is 1.86. The number of nitrogens with zero attached hydrogens (tertiary/aromatic N) is 4. The van der Waals surface area contributed by atoms with Crippen molar-refractivity contribution in [2.75, 3.05) is 5.32 Å². The zero-order chi connectivity index (χ0) is 11.7. The van der Waals surface area contributed by atoms with Gasteiger partial charge in [-0.2, -0.15) is 5.10 Å². The first kappa shape index (κ1) is 10.2. The summed E-state index contributed by atoms with van der Waals surface area (Å²) in [5, 5.41) is 10.1. The zero-order valence-corrected chi connectivity index (χ0v) is 9.64. The van der Waals surface area contributed by atoms with Crippen LogP contribution in [0.2, 0.25) is 0 Å². The Labute approximate surface area is 98.9 Å². The lowest BCUT2D eigenvalue weighted by atomic mass is 10.2. The standard InChI is InChI=1S/C11H14N6/c1-7(10-14-6-15-17-10)16-11-8-3-2-4-9(8)12-5-13-11/h5-7H,2-4H2,1H3,(H,12,13,16)(H,14,15,17). The highest BCUT2D eigenvalue weighted by molar-refractivity contribution is 5.48. The van der Waals surface area contributed by atoms with E-state index in [4.69, 9.17) is 0 Å². The average Bonchev–Trinajstić information content (AvgIpc) is 3.00. The Morgan fingerprint density at radius 2 is 2.18 bits per heavy atom. The second-order valence-electron chi connectivity index (χ2n) is 4.24. The molecule has 0 saturated heterocycles. The molecule has 0 fully saturated rings. The number of aromatic nitrogens is 5. The Morgan fingerprint density at radius 1 is 1.24 bits per heavy atom. The highest BCUT2D eigenvalue weighted by Gasteiger charge is 2.18. The molecule has 1 aliphatic rings. The molecule has 1 unspecified atom stereocenters. The van der Waals surface area contributed by atoms with Gasteiger partial charge in [-0.15, -0.1) is 0 Å². The largest absolute Gasteiger partial charge is 0.360 e. The van der Waals surface area contributed by atoms with Gasteiger partial charge in [0.1, 0.15) is 24.3 Å². The number of hydrogen-bond donors (Lipinski definition) is 2. The van der Waals surface area contributed by atoms with E-state index in [0.29, 0.717) is 0 Å². The summed E-state index contributed by atoms with van der Waals surface area (Å²) < 4.78 is 0. The molecule has 0 amide bonds. The van der Waals surface area contributed by atoms with Gasteiger partial charge in [0, 0.05) is 11.3 Å². The van der Waals surface area contributed by atoms with Crippen molar-refractivity contribution >= 4 is 5.82 Å². The van der Waals surface area contributed by atoms with Crippen molar-refractivity contribution in [2.24, 2.45) is 0 Å². The van der Waals surface area contributed by atoms with Crippen LogP contribution in [-0.4, -0.2) is 25.1 Å². The molecular weight excluding hydrogens is 216 g/mol. The van der Waals surface area contributed by atoms with Gasteiger partial charge >= 0.3 is 0 Å². The minimum Gasteiger partial charge on any atom is -0.360 e. The monoisotopic (exact) mass is 230 g/mol. The first-order valence-corrected chi connectivity index (χ1v) is 5.79. The van der Waals surface area contributed by atoms with Crippen LogP contribution in [-0.2, 0) is 12.8 Å². The molecule has 2 aromatic heterocycles. The van der Waals surface area contributed by atoms with E-state index in [1.807, 2.05) is 6.92 Å². The maximum Gasteiger partial charge on any atom is 0.146 e. The van der Waals surface area contributed by atoms with E-state index in [9.17, 15) is 0 Å². The van der Waals surface area contributed by atoms with Crippen LogP contribution in [0.5, 0.6) is 0 Å². The van der Waals surface area contributed by atoms with Crippen molar-refractivity contribution in [3.8, 4) is 0 Å². The molecular formula is C11H14N6. The number of aryl methyl sites for hydroxylation is 1. The smallest absolute Gasteiger partial charge is 0.146 e. The fourth-order valence-electron chi connectivity index (χ4n) is 2.18. The Kier molecular flexibility index (Phi) is 2.47. The molecule has 17 heavy (non-hydrogen) atoms. The van der Waals surface area contributed by atoms with E-state index in [0.717, 1.165) is 24.5 Å². The van der Waals surface area contributed by atoms with Crippen LogP contribution in [0.25, 0.3) is 0 Å². The highest BCUT2D eigenvalue weighted by Crippen LogP contribution is 2.27. The van der Waals surface area contributed by atoms with Crippen LogP contribution in [0.4, 0.5) is 5.82 Å². The van der Waals surface area contributed by atoms with E-state index < -0.39 is 0 Å². The second kappa shape index (κ2) is 4.12. The lowest BCUT2D eigenvalue weighted by molar-refractivity contribution is 0.785. The van der Waals surface area contributed by atoms with Crippen molar-refractivity contribution in [3.05, 3.63) is 29.7 Å². The molecule has 2 N–H and O–H groups in total. The number of H-pyrrole nitrogens is 1. The number of hydrogen-bond acceptors (Lipinski definition) is 5. The van der Waals surface area contributed by atoms with E-state index in [1.165, 1.54) is 24.0 Å². The topological polar surface area (TPSA) is 79.4 Å². The molecule has 6 nitrogen and oxygen atoms in total. The fraction of sp³-hybridized carbons (Fsp3) is 0.455. The molecule has 2 heterocycles. The quantitative estimate of drug-likeness (QED) is 0.829. The predicted molar refractivity (Wildman–Crippen MR) is 62.5 cm³/mol. The molecule has 0 spiro atoms. The van der Waals surface area contributed by atoms with Gasteiger partial charge in [0.25, 0.3) is 0 Å². The molecule has 6 heteroatoms. The molecule has 88 valence electrons. The minimum atomic E-state index is 0.0668. The molecule has 0 aliphatic heterocycles. The van der Waals surface area contributed by atoms with Gasteiger partial charge < -0.3 is 5.32 Å². The van der Waals surface area contributed by atoms with E-state index in [1.54, 1.807) is 6.33 Å². The molecule has 0 aromatic carbocycles. The molecule has 0 bridgehead atoms. The maximum absolute atomic E-state index is 4.32. The summed E-state index contributed by atoms with van der Waals surface area (Å²) in [6.07, 6.45) is 6.42. The number of rotatable bonds is 3. The number of aromatic amines is 1. The summed E-state index contributed by atoms with van der Waals surface area (Å²) in [7, 11) is 0. The summed E-state index contributed by atoms with van der Waals surface area (Å²) in [5.74, 6) is 1.74. The second-order valence-corrected chi connectivity index (χ2v) is 4.24. The van der Waals surface area contributed by atoms with Crippen molar-refractivity contribution in [3.63, 3.8) is 0 Å². The molecule has 0 radical (unpaired) electrons. The van der Waals surface area contributed by atoms with Crippen LogP contribution in [0.3, 0.4) is 0 Å². The number of anilines is 1. The fourth-order valence-corrected chi connectivity index (χ4v) is 2.18.